The first-order valence-electron chi connectivity index (χ1n) is 37.2. The van der Waals surface area contributed by atoms with Gasteiger partial charge in [-0.05, 0) is 214 Å². The third-order valence-corrected chi connectivity index (χ3v) is 22.1. The number of carbonyl (C=O) groups excluding carboxylic acids is 6. The van der Waals surface area contributed by atoms with Crippen molar-refractivity contribution in [3.05, 3.63) is 246 Å². The zero-order valence-electron chi connectivity index (χ0n) is 69.8. The van der Waals surface area contributed by atoms with Crippen LogP contribution in [0.4, 0.5) is 39.3 Å². The second-order valence-electron chi connectivity index (χ2n) is 30.0. The quantitative estimate of drug-likeness (QED) is 0.0182. The van der Waals surface area contributed by atoms with Crippen molar-refractivity contribution in [2.45, 2.75) is 128 Å². The number of pyridine rings is 2. The van der Waals surface area contributed by atoms with Gasteiger partial charge in [0.05, 0.1) is 77.5 Å². The Morgan fingerprint density at radius 3 is 1.33 bits per heavy atom. The third kappa shape index (κ3) is 27.7. The van der Waals surface area contributed by atoms with E-state index < -0.39 is 89.1 Å². The highest BCUT2D eigenvalue weighted by Crippen LogP contribution is 2.39. The standard InChI is InChI=1S/C18H17BrFN5O4.C18H24N2.C14H17BBrFO4.C10H13N5O2.C8H6BBrFO4.C8H6BrFO2.C7H4BrFO2/c1-22-13-3-4-29-8-14(13)25-7-10(16(21)26)17(24-25)23-9-5-11(19)15(12(20)6-9)18(27)28-2;1-17(2,3)13-7-9-19-15(11-13)16-12-14(8-10-20-16)18(4,5)6;1-13(2)14(3,4)21-15(20-13)8-6-9(16)11(10(17)7-8)12(18)19-5;1-13-7-2-3-17-5-8(7)15-4-6(10(12)16)9(11)14-15;1-14-8(12)7-5(10)2-4(15-9-13)3-6(7)11;1-12-8(11)7-5(9)3-2-4-6(7)10;8-4-2-1-3-5(9)6(4)7(10)11/h5-7,13-14H,3-4,8H2,2H3,(H2,21,26)(H,23,24);7-12H,1-6H3;6-7H,1-5H3;4,7-8H,2-3,5H2,(H2,11,14)(H2,12,16);2-3,13H,1H3;2-4H,1H3;1-3H,(H,10,11)/t13-,14?;;;7-,8?;;;/m0..0.../s1. The van der Waals surface area contributed by atoms with E-state index in [4.69, 9.17) is 59.3 Å². The van der Waals surface area contributed by atoms with Gasteiger partial charge in [0.2, 0.25) is 12.1 Å². The Bertz CT molecular complexity index is 5320. The fourth-order valence-electron chi connectivity index (χ4n) is 11.5. The fourth-order valence-corrected chi connectivity index (χ4v) is 14.3. The summed E-state index contributed by atoms with van der Waals surface area (Å²) in [6.45, 7) is 37.2. The largest absolute Gasteiger partial charge is 0.569 e. The molecule has 125 heavy (non-hydrogen) atoms. The van der Waals surface area contributed by atoms with Gasteiger partial charge in [-0.3, -0.25) is 28.9 Å². The Balaban J connectivity index is 0.000000230. The number of nitrogens with one attached hydrogen (secondary N) is 1. The van der Waals surface area contributed by atoms with E-state index in [2.05, 4.69) is 204 Å². The number of carboxylic acids is 1. The average molecular weight is 2060 g/mol. The minimum atomic E-state index is -1.27. The van der Waals surface area contributed by atoms with Crippen molar-refractivity contribution in [1.82, 2.24) is 29.5 Å². The second kappa shape index (κ2) is 46.1. The molecule has 3 aliphatic heterocycles. The Morgan fingerprint density at radius 1 is 0.560 bits per heavy atom. The van der Waals surface area contributed by atoms with Gasteiger partial charge in [-0.25, -0.2) is 59.1 Å². The summed E-state index contributed by atoms with van der Waals surface area (Å²) in [5.41, 5.74) is 19.9. The number of halogens is 10. The molecule has 30 nitrogen and oxygen atoms in total. The summed E-state index contributed by atoms with van der Waals surface area (Å²) in [4.78, 5) is 94.7. The maximum absolute atomic E-state index is 14.4. The smallest absolute Gasteiger partial charge is 0.537 e. The summed E-state index contributed by atoms with van der Waals surface area (Å²) in [6, 6.07) is 23.3. The van der Waals surface area contributed by atoms with Crippen LogP contribution >= 0.6 is 79.6 Å². The van der Waals surface area contributed by atoms with Crippen LogP contribution in [0.1, 0.15) is 178 Å². The number of carbonyl (C=O) groups is 7. The fraction of sp³-hybridized carbons (Fsp3) is 0.337. The monoisotopic (exact) mass is 2050 g/mol. The molecule has 663 valence electrons. The highest BCUT2D eigenvalue weighted by atomic mass is 79.9. The number of nitrogens with two attached hydrogens (primary N) is 3. The van der Waals surface area contributed by atoms with Crippen LogP contribution in [0.5, 0.6) is 5.75 Å². The van der Waals surface area contributed by atoms with Crippen molar-refractivity contribution >= 4 is 159 Å². The number of hydrogen-bond donors (Lipinski definition) is 6. The number of primary amides is 2. The molecule has 0 saturated carbocycles. The number of ether oxygens (including phenoxy) is 6. The molecule has 2 unspecified atom stereocenters. The number of aromatic carboxylic acids is 1. The van der Waals surface area contributed by atoms with Crippen molar-refractivity contribution in [2.24, 2.45) is 11.5 Å². The van der Waals surface area contributed by atoms with Crippen LogP contribution in [0.3, 0.4) is 0 Å². The number of carboxylic acid groups (broad SMARTS) is 1. The number of amides is 2. The van der Waals surface area contributed by atoms with Gasteiger partial charge in [-0.1, -0.05) is 53.7 Å². The number of nitrogen functional groups attached to an aromatic ring is 1. The second-order valence-corrected chi connectivity index (χ2v) is 34.2. The Morgan fingerprint density at radius 2 is 0.960 bits per heavy atom. The zero-order valence-corrected chi connectivity index (χ0v) is 77.7. The Kier molecular flexibility index (Phi) is 38.1. The molecule has 12 rings (SSSR count). The molecule has 1 radical (unpaired) electrons. The molecule has 4 atom stereocenters. The van der Waals surface area contributed by atoms with E-state index in [1.54, 1.807) is 12.1 Å². The molecule has 9 N–H and O–H groups in total. The zero-order chi connectivity index (χ0) is 93.5. The lowest BCUT2D eigenvalue weighted by molar-refractivity contribution is 0.00578. The summed E-state index contributed by atoms with van der Waals surface area (Å²) in [7, 11) is 4.45. The van der Waals surface area contributed by atoms with Crippen molar-refractivity contribution in [3.8, 4) is 17.1 Å². The van der Waals surface area contributed by atoms with E-state index in [1.807, 2.05) is 40.1 Å². The molecular formula is C83H87B2Br5F5N12O18. The molecule has 2 amide bonds. The molecule has 42 heteroatoms. The molecule has 0 bridgehead atoms. The number of esters is 4. The van der Waals surface area contributed by atoms with E-state index >= 15 is 0 Å². The Hall–Kier alpha value is -10.5. The van der Waals surface area contributed by atoms with E-state index in [1.165, 1.54) is 89.6 Å². The molecule has 3 saturated heterocycles. The molecule has 0 spiro atoms. The third-order valence-electron chi connectivity index (χ3n) is 18.9. The van der Waals surface area contributed by atoms with Crippen molar-refractivity contribution in [2.75, 3.05) is 65.9 Å². The molecule has 7 heterocycles. The number of aromatic nitrogens is 6. The normalized spacial score (nSPS) is 15.8. The maximum atomic E-state index is 14.4. The van der Waals surface area contributed by atoms with Gasteiger partial charge in [0, 0.05) is 71.7 Å². The predicted octanol–water partition coefficient (Wildman–Crippen LogP) is 15.8. The van der Waals surface area contributed by atoms with Gasteiger partial charge in [0.1, 0.15) is 85.9 Å². The molecule has 0 aliphatic carbocycles. The maximum Gasteiger partial charge on any atom is 0.569 e. The number of rotatable bonds is 15. The minimum absolute atomic E-state index is 0.0644. The van der Waals surface area contributed by atoms with Crippen LogP contribution in [0.2, 0.25) is 0 Å². The SMILES string of the molecule is CC(C)(C)c1ccnc(-c2cc(C(C)(C)C)ccn2)c1.COC(=O)c1c(F)cc(B2OC(C)(C)C(C)(C)O2)cc1Br.COC(=O)c1c(F)cc(O[B]O)cc1Br.COC(=O)c1c(F)cccc1Br.O=C(O)c1c(F)cccc1Br.[C-]#[N+][C@H]1CCOCC1n1cc(C(N)=O)c(N)n1.[C-]#[N+][C@H]1CCOCC1n1cc(C(N)=O)c(Nc2cc(F)c(C(=O)OC)c(Br)c2)n1. The van der Waals surface area contributed by atoms with Gasteiger partial charge in [-0.2, -0.15) is 10.2 Å². The summed E-state index contributed by atoms with van der Waals surface area (Å²) in [5.74, 6) is -9.02. The van der Waals surface area contributed by atoms with Crippen LogP contribution < -0.4 is 32.6 Å². The molecule has 3 fully saturated rings. The van der Waals surface area contributed by atoms with Crippen LogP contribution in [-0.4, -0.2) is 174 Å². The summed E-state index contributed by atoms with van der Waals surface area (Å²) in [5, 5.41) is 28.0. The van der Waals surface area contributed by atoms with E-state index in [0.717, 1.165) is 43.8 Å². The summed E-state index contributed by atoms with van der Waals surface area (Å²) >= 11 is 15.3. The summed E-state index contributed by atoms with van der Waals surface area (Å²) in [6.07, 6.45) is 7.88. The van der Waals surface area contributed by atoms with Crippen LogP contribution in [0, 0.1) is 42.2 Å². The van der Waals surface area contributed by atoms with Gasteiger partial charge in [-0.15, -0.1) is 0 Å². The van der Waals surface area contributed by atoms with Gasteiger partial charge < -0.3 is 84.7 Å². The molecule has 4 aromatic heterocycles. The lowest BCUT2D eigenvalue weighted by Gasteiger charge is -2.32. The van der Waals surface area contributed by atoms with Crippen molar-refractivity contribution in [3.63, 3.8) is 0 Å². The summed E-state index contributed by atoms with van der Waals surface area (Å²) < 4.78 is 117. The van der Waals surface area contributed by atoms with Crippen LogP contribution in [0.25, 0.3) is 21.1 Å². The first kappa shape index (κ1) is 103. The van der Waals surface area contributed by atoms with Crippen molar-refractivity contribution < 1.29 is 108 Å². The molecule has 3 aliphatic rings. The molecule has 9 aromatic rings. The van der Waals surface area contributed by atoms with Crippen LogP contribution in [0.15, 0.2) is 144 Å². The highest BCUT2D eigenvalue weighted by Gasteiger charge is 2.52. The number of benzene rings is 5. The first-order chi connectivity index (χ1) is 58.6. The minimum Gasteiger partial charge on any atom is -0.537 e. The van der Waals surface area contributed by atoms with E-state index in [-0.39, 0.29) is 117 Å². The highest BCUT2D eigenvalue weighted by molar-refractivity contribution is 9.11. The number of methoxy groups -OCH3 is 4. The van der Waals surface area contributed by atoms with Crippen LogP contribution in [-0.2, 0) is 48.6 Å². The number of anilines is 3. The van der Waals surface area contributed by atoms with E-state index in [9.17, 15) is 55.5 Å². The van der Waals surface area contributed by atoms with Crippen molar-refractivity contribution in [1.29, 1.82) is 0 Å². The first-order valence-corrected chi connectivity index (χ1v) is 41.1. The molecule has 5 aromatic carbocycles. The number of nitrogens with zero attached hydrogens (tertiary/aromatic N) is 8. The molecular weight excluding hydrogens is 1970 g/mol. The van der Waals surface area contributed by atoms with Gasteiger partial charge >= 0.3 is 44.7 Å². The lowest BCUT2D eigenvalue weighted by atomic mass is 9.78. The number of hydrogen-bond acceptors (Lipinski definition) is 23. The Labute approximate surface area is 760 Å². The van der Waals surface area contributed by atoms with Gasteiger partial charge in [0.15, 0.2) is 11.6 Å². The predicted molar refractivity (Wildman–Crippen MR) is 471 cm³/mol. The van der Waals surface area contributed by atoms with Gasteiger partial charge in [0.25, 0.3) is 11.8 Å². The lowest BCUT2D eigenvalue weighted by Crippen LogP contribution is -2.41. The average Bonchev–Trinajstić information content (AvgIpc) is 1.61. The topological polar surface area (TPSA) is 403 Å². The van der Waals surface area contributed by atoms with E-state index in [0.29, 0.717) is 54.8 Å².